The molecule has 0 bridgehead atoms. The average molecular weight is 340 g/mol. The van der Waals surface area contributed by atoms with Gasteiger partial charge in [-0.15, -0.1) is 0 Å². The van der Waals surface area contributed by atoms with Crippen LogP contribution in [0.5, 0.6) is 0 Å². The fraction of sp³-hybridized carbons (Fsp3) is 0.286. The molecule has 1 aliphatic rings. The van der Waals surface area contributed by atoms with Crippen molar-refractivity contribution in [2.45, 2.75) is 0 Å². The summed E-state index contributed by atoms with van der Waals surface area (Å²) in [7, 11) is 2.87. The number of imide groups is 2. The van der Waals surface area contributed by atoms with Crippen molar-refractivity contribution in [2.24, 2.45) is 0 Å². The van der Waals surface area contributed by atoms with Crippen LogP contribution in [0.15, 0.2) is 24.3 Å². The summed E-state index contributed by atoms with van der Waals surface area (Å²) < 4.78 is 0. The zero-order valence-corrected chi connectivity index (χ0v) is 13.4. The summed E-state index contributed by atoms with van der Waals surface area (Å²) in [6.07, 6.45) is 0. The fourth-order valence-electron chi connectivity index (χ4n) is 2.11. The van der Waals surface area contributed by atoms with Crippen molar-refractivity contribution < 1.29 is 24.1 Å². The first-order valence-corrected chi connectivity index (χ1v) is 7.18. The molecule has 1 unspecified atom stereocenters. The quantitative estimate of drug-likeness (QED) is 0.541. The molecule has 1 aliphatic heterocycles. The van der Waals surface area contributed by atoms with Crippen LogP contribution in [0.2, 0.25) is 5.02 Å². The minimum atomic E-state index is -0.886. The molecule has 0 radical (unpaired) electrons. The smallest absolute Gasteiger partial charge is 0.320 e. The number of benzene rings is 1. The van der Waals surface area contributed by atoms with Crippen LogP contribution in [-0.2, 0) is 14.4 Å². The second-order valence-electron chi connectivity index (χ2n) is 5.20. The van der Waals surface area contributed by atoms with Gasteiger partial charge in [-0.25, -0.2) is 9.69 Å². The summed E-state index contributed by atoms with van der Waals surface area (Å²) in [6, 6.07) is 6.10. The molecule has 1 fully saturated rings. The van der Waals surface area contributed by atoms with Crippen molar-refractivity contribution in [1.29, 1.82) is 0 Å². The van der Waals surface area contributed by atoms with E-state index in [0.717, 1.165) is 9.80 Å². The molecule has 1 saturated heterocycles. The number of nitrogens with one attached hydrogen (secondary N) is 2. The van der Waals surface area contributed by atoms with E-state index in [2.05, 4.69) is 5.32 Å². The standard InChI is InChI=1S/C14H15ClN4O4/c1-17(8-19-13(22)12(21)18(2)14(19)23)7-11(20)16-10-6-4-3-5-9(10)15/h3-6H,7-8H2,1-2H3,(H,16,20)/p+1. The number of hydrogen-bond acceptors (Lipinski definition) is 4. The Balaban J connectivity index is 1.92. The van der Waals surface area contributed by atoms with E-state index in [1.165, 1.54) is 7.05 Å². The van der Waals surface area contributed by atoms with E-state index in [0.29, 0.717) is 15.6 Å². The Labute approximate surface area is 137 Å². The first-order chi connectivity index (χ1) is 10.8. The van der Waals surface area contributed by atoms with Gasteiger partial charge in [0.05, 0.1) is 17.8 Å². The minimum absolute atomic E-state index is 0.000186. The van der Waals surface area contributed by atoms with Gasteiger partial charge in [0.15, 0.2) is 13.2 Å². The zero-order chi connectivity index (χ0) is 17.1. The molecule has 1 aromatic carbocycles. The fourth-order valence-corrected chi connectivity index (χ4v) is 2.29. The van der Waals surface area contributed by atoms with Crippen molar-refractivity contribution in [2.75, 3.05) is 32.6 Å². The van der Waals surface area contributed by atoms with Gasteiger partial charge in [-0.3, -0.25) is 19.3 Å². The maximum Gasteiger partial charge on any atom is 0.338 e. The van der Waals surface area contributed by atoms with Crippen molar-refractivity contribution in [3.63, 3.8) is 0 Å². The van der Waals surface area contributed by atoms with Gasteiger partial charge in [0.25, 0.3) is 5.91 Å². The highest BCUT2D eigenvalue weighted by atomic mass is 35.5. The molecule has 5 amide bonds. The Kier molecular flexibility index (Phi) is 4.97. The molecule has 1 atom stereocenters. The number of rotatable bonds is 5. The van der Waals surface area contributed by atoms with Gasteiger partial charge in [0, 0.05) is 7.05 Å². The topological polar surface area (TPSA) is 91.2 Å². The lowest BCUT2D eigenvalue weighted by Gasteiger charge is -2.19. The van der Waals surface area contributed by atoms with Crippen LogP contribution in [0.4, 0.5) is 10.5 Å². The predicted octanol–water partition coefficient (Wildman–Crippen LogP) is -0.829. The predicted molar refractivity (Wildman–Crippen MR) is 81.7 cm³/mol. The zero-order valence-electron chi connectivity index (χ0n) is 12.6. The van der Waals surface area contributed by atoms with E-state index in [-0.39, 0.29) is 19.1 Å². The molecule has 1 heterocycles. The van der Waals surface area contributed by atoms with Crippen molar-refractivity contribution in [3.05, 3.63) is 29.3 Å². The van der Waals surface area contributed by atoms with Crippen LogP contribution in [0.25, 0.3) is 0 Å². The van der Waals surface area contributed by atoms with E-state index in [9.17, 15) is 19.2 Å². The van der Waals surface area contributed by atoms with E-state index in [4.69, 9.17) is 11.6 Å². The number of hydrogen-bond donors (Lipinski definition) is 2. The van der Waals surface area contributed by atoms with E-state index < -0.39 is 17.8 Å². The van der Waals surface area contributed by atoms with E-state index in [1.807, 2.05) is 0 Å². The average Bonchev–Trinajstić information content (AvgIpc) is 2.67. The van der Waals surface area contributed by atoms with Crippen LogP contribution in [0, 0.1) is 0 Å². The SMILES string of the molecule is CN1C(=O)C(=O)N(C[NH+](C)CC(=O)Nc2ccccc2Cl)C1=O. The molecular formula is C14H16ClN4O4+. The first-order valence-electron chi connectivity index (χ1n) is 6.80. The monoisotopic (exact) mass is 339 g/mol. The number of amides is 5. The molecule has 0 aromatic heterocycles. The summed E-state index contributed by atoms with van der Waals surface area (Å²) >= 11 is 5.95. The van der Waals surface area contributed by atoms with Crippen LogP contribution in [0.1, 0.15) is 0 Å². The Hall–Kier alpha value is -2.45. The number of urea groups is 1. The van der Waals surface area contributed by atoms with Gasteiger partial charge in [0.2, 0.25) is 0 Å². The van der Waals surface area contributed by atoms with Crippen LogP contribution >= 0.6 is 11.6 Å². The Morgan fingerprint density at radius 2 is 1.87 bits per heavy atom. The molecule has 8 nitrogen and oxygen atoms in total. The van der Waals surface area contributed by atoms with Crippen LogP contribution < -0.4 is 10.2 Å². The molecule has 0 saturated carbocycles. The van der Waals surface area contributed by atoms with Crippen molar-refractivity contribution in [3.8, 4) is 0 Å². The maximum atomic E-state index is 12.0. The molecule has 122 valence electrons. The highest BCUT2D eigenvalue weighted by Gasteiger charge is 2.43. The largest absolute Gasteiger partial charge is 0.338 e. The highest BCUT2D eigenvalue weighted by Crippen LogP contribution is 2.19. The third kappa shape index (κ3) is 3.66. The first kappa shape index (κ1) is 16.9. The number of halogens is 1. The number of carbonyl (C=O) groups excluding carboxylic acids is 4. The molecule has 2 N–H and O–H groups in total. The number of likely N-dealkylation sites (N-methyl/N-ethyl adjacent to an activating group) is 2. The van der Waals surface area contributed by atoms with Gasteiger partial charge >= 0.3 is 17.8 Å². The molecule has 1 aromatic rings. The maximum absolute atomic E-state index is 12.0. The van der Waals surface area contributed by atoms with Crippen LogP contribution in [-0.4, -0.2) is 60.9 Å². The van der Waals surface area contributed by atoms with Gasteiger partial charge in [-0.2, -0.15) is 0 Å². The van der Waals surface area contributed by atoms with Gasteiger partial charge < -0.3 is 10.2 Å². The van der Waals surface area contributed by atoms with Gasteiger partial charge in [0.1, 0.15) is 0 Å². The third-order valence-corrected chi connectivity index (χ3v) is 3.62. The highest BCUT2D eigenvalue weighted by molar-refractivity contribution is 6.44. The lowest BCUT2D eigenvalue weighted by molar-refractivity contribution is -0.878. The van der Waals surface area contributed by atoms with Crippen LogP contribution in [0.3, 0.4) is 0 Å². The Morgan fingerprint density at radius 1 is 1.22 bits per heavy atom. The lowest BCUT2D eigenvalue weighted by Crippen LogP contribution is -3.11. The number of nitrogens with zero attached hydrogens (tertiary/aromatic N) is 2. The number of carbonyl (C=O) groups is 4. The summed E-state index contributed by atoms with van der Waals surface area (Å²) in [6.45, 7) is -0.0795. The number of para-hydroxylation sites is 1. The van der Waals surface area contributed by atoms with Gasteiger partial charge in [-0.1, -0.05) is 23.7 Å². The number of quaternary nitrogens is 1. The number of anilines is 1. The normalized spacial score (nSPS) is 16.0. The molecule has 23 heavy (non-hydrogen) atoms. The Morgan fingerprint density at radius 3 is 2.43 bits per heavy atom. The van der Waals surface area contributed by atoms with Crippen molar-refractivity contribution >= 4 is 41.0 Å². The molecule has 0 spiro atoms. The summed E-state index contributed by atoms with van der Waals surface area (Å²) in [5.74, 6) is -2.08. The second kappa shape index (κ2) is 6.76. The molecular weight excluding hydrogens is 324 g/mol. The Bertz CT molecular complexity index is 678. The summed E-state index contributed by atoms with van der Waals surface area (Å²) in [4.78, 5) is 49.0. The van der Waals surface area contributed by atoms with Gasteiger partial charge in [-0.05, 0) is 12.1 Å². The lowest BCUT2D eigenvalue weighted by atomic mass is 10.3. The van der Waals surface area contributed by atoms with E-state index >= 15 is 0 Å². The third-order valence-electron chi connectivity index (χ3n) is 3.29. The van der Waals surface area contributed by atoms with Crippen molar-refractivity contribution in [1.82, 2.24) is 9.80 Å². The molecule has 9 heteroatoms. The van der Waals surface area contributed by atoms with E-state index in [1.54, 1.807) is 31.3 Å². The second-order valence-corrected chi connectivity index (χ2v) is 5.61. The summed E-state index contributed by atoms with van der Waals surface area (Å²) in [5.41, 5.74) is 0.482. The summed E-state index contributed by atoms with van der Waals surface area (Å²) in [5, 5.41) is 3.06. The molecule has 2 rings (SSSR count). The molecule has 0 aliphatic carbocycles. The minimum Gasteiger partial charge on any atom is -0.320 e.